The van der Waals surface area contributed by atoms with Crippen molar-refractivity contribution in [3.63, 3.8) is 0 Å². The van der Waals surface area contributed by atoms with Gasteiger partial charge in [0.25, 0.3) is 0 Å². The summed E-state index contributed by atoms with van der Waals surface area (Å²) in [5.74, 6) is -0.606. The highest BCUT2D eigenvalue weighted by atomic mass is 16.5. The number of piperidine rings is 1. The number of fused-ring (bicyclic) bond motifs is 3. The van der Waals surface area contributed by atoms with Crippen LogP contribution in [-0.4, -0.2) is 48.7 Å². The van der Waals surface area contributed by atoms with Gasteiger partial charge in [-0.1, -0.05) is 18.6 Å². The monoisotopic (exact) mass is 353 g/mol. The highest BCUT2D eigenvalue weighted by Gasteiger charge is 2.42. The average Bonchev–Trinajstić information content (AvgIpc) is 3.00. The van der Waals surface area contributed by atoms with Gasteiger partial charge in [0.15, 0.2) is 0 Å². The van der Waals surface area contributed by atoms with Crippen LogP contribution in [0.5, 0.6) is 0 Å². The lowest BCUT2D eigenvalue weighted by Crippen LogP contribution is -2.50. The molecule has 3 aliphatic rings. The van der Waals surface area contributed by atoms with Crippen molar-refractivity contribution in [3.05, 3.63) is 53.1 Å². The topological polar surface area (TPSA) is 55.8 Å². The second kappa shape index (κ2) is 6.72. The Labute approximate surface area is 153 Å². The summed E-state index contributed by atoms with van der Waals surface area (Å²) in [6.45, 7) is 3.18. The highest BCUT2D eigenvalue weighted by molar-refractivity contribution is 5.91. The van der Waals surface area contributed by atoms with Crippen LogP contribution in [0.15, 0.2) is 42.0 Å². The van der Waals surface area contributed by atoms with Crippen LogP contribution in [0.4, 0.5) is 0 Å². The summed E-state index contributed by atoms with van der Waals surface area (Å²) in [4.78, 5) is 26.3. The molecule has 1 aromatic rings. The Balaban J connectivity index is 1.79. The molecule has 26 heavy (non-hydrogen) atoms. The van der Waals surface area contributed by atoms with Gasteiger partial charge in [0.2, 0.25) is 0 Å². The molecule has 0 saturated carbocycles. The van der Waals surface area contributed by atoms with Gasteiger partial charge in [-0.25, -0.2) is 9.59 Å². The third-order valence-corrected chi connectivity index (χ3v) is 5.68. The molecule has 1 saturated heterocycles. The van der Waals surface area contributed by atoms with Crippen LogP contribution in [0.3, 0.4) is 0 Å². The van der Waals surface area contributed by atoms with E-state index < -0.39 is 0 Å². The lowest BCUT2D eigenvalue weighted by atomic mass is 9.93. The first-order chi connectivity index (χ1) is 12.6. The molecule has 5 nitrogen and oxygen atoms in total. The first-order valence-corrected chi connectivity index (χ1v) is 9.17. The van der Waals surface area contributed by atoms with Crippen LogP contribution in [0.2, 0.25) is 0 Å². The number of hydrogen-bond donors (Lipinski definition) is 0. The van der Waals surface area contributed by atoms with E-state index in [-0.39, 0.29) is 30.1 Å². The van der Waals surface area contributed by atoms with Crippen molar-refractivity contribution in [3.8, 4) is 0 Å². The number of esters is 2. The fourth-order valence-electron chi connectivity index (χ4n) is 4.40. The molecule has 0 aliphatic carbocycles. The van der Waals surface area contributed by atoms with Crippen molar-refractivity contribution >= 4 is 17.5 Å². The average molecular weight is 353 g/mol. The molecule has 0 N–H and O–H groups in total. The van der Waals surface area contributed by atoms with Gasteiger partial charge in [0.05, 0.1) is 18.7 Å². The molecule has 3 aliphatic heterocycles. The molecule has 0 bridgehead atoms. The van der Waals surface area contributed by atoms with Gasteiger partial charge >= 0.3 is 11.9 Å². The van der Waals surface area contributed by atoms with Crippen LogP contribution >= 0.6 is 0 Å². The maximum Gasteiger partial charge on any atom is 0.337 e. The van der Waals surface area contributed by atoms with Crippen LogP contribution < -0.4 is 0 Å². The molecule has 3 heterocycles. The van der Waals surface area contributed by atoms with Gasteiger partial charge in [-0.3, -0.25) is 4.90 Å². The van der Waals surface area contributed by atoms with E-state index in [1.807, 2.05) is 18.2 Å². The van der Waals surface area contributed by atoms with E-state index in [9.17, 15) is 9.59 Å². The Morgan fingerprint density at radius 2 is 2.12 bits per heavy atom. The van der Waals surface area contributed by atoms with E-state index in [0.29, 0.717) is 5.56 Å². The van der Waals surface area contributed by atoms with Crippen molar-refractivity contribution in [2.24, 2.45) is 0 Å². The van der Waals surface area contributed by atoms with Crippen molar-refractivity contribution in [1.29, 1.82) is 0 Å². The van der Waals surface area contributed by atoms with E-state index in [2.05, 4.69) is 17.9 Å². The van der Waals surface area contributed by atoms with Gasteiger partial charge < -0.3 is 9.47 Å². The molecule has 4 rings (SSSR count). The van der Waals surface area contributed by atoms with Crippen molar-refractivity contribution < 1.29 is 19.1 Å². The number of benzene rings is 1. The largest absolute Gasteiger partial charge is 0.465 e. The van der Waals surface area contributed by atoms with Gasteiger partial charge in [0, 0.05) is 17.7 Å². The van der Waals surface area contributed by atoms with Crippen LogP contribution in [-0.2, 0) is 14.3 Å². The van der Waals surface area contributed by atoms with E-state index in [0.717, 1.165) is 42.5 Å². The Kier molecular flexibility index (Phi) is 4.41. The van der Waals surface area contributed by atoms with Crippen LogP contribution in [0.25, 0.3) is 5.57 Å². The molecule has 3 atom stereocenters. The number of carbonyl (C=O) groups is 2. The summed E-state index contributed by atoms with van der Waals surface area (Å²) in [5.41, 5.74) is 3.55. The number of carbonyl (C=O) groups excluding carboxylic acids is 2. The first kappa shape index (κ1) is 17.0. The number of hydrogen-bond acceptors (Lipinski definition) is 5. The Morgan fingerprint density at radius 3 is 2.92 bits per heavy atom. The molecule has 0 spiro atoms. The number of ether oxygens (including phenoxy) is 2. The lowest BCUT2D eigenvalue weighted by Gasteiger charge is -2.41. The predicted octanol–water partition coefficient (Wildman–Crippen LogP) is 2.97. The molecule has 0 amide bonds. The zero-order valence-electron chi connectivity index (χ0n) is 15.1. The molecule has 0 radical (unpaired) electrons. The quantitative estimate of drug-likeness (QED) is 0.765. The van der Waals surface area contributed by atoms with Gasteiger partial charge in [-0.2, -0.15) is 0 Å². The van der Waals surface area contributed by atoms with Crippen LogP contribution in [0, 0.1) is 0 Å². The fraction of sp³-hybridized carbons (Fsp3) is 0.429. The van der Waals surface area contributed by atoms with Crippen LogP contribution in [0.1, 0.15) is 42.1 Å². The summed E-state index contributed by atoms with van der Waals surface area (Å²) < 4.78 is 10.5. The Bertz CT molecular complexity index is 810. The first-order valence-electron chi connectivity index (χ1n) is 9.17. The van der Waals surface area contributed by atoms with E-state index >= 15 is 0 Å². The minimum atomic E-state index is -0.346. The van der Waals surface area contributed by atoms with Gasteiger partial charge in [-0.15, -0.1) is 0 Å². The van der Waals surface area contributed by atoms with Crippen molar-refractivity contribution in [2.75, 3.05) is 13.7 Å². The zero-order valence-corrected chi connectivity index (χ0v) is 15.1. The molecule has 136 valence electrons. The minimum Gasteiger partial charge on any atom is -0.465 e. The summed E-state index contributed by atoms with van der Waals surface area (Å²) in [5, 5.41) is 0. The lowest BCUT2D eigenvalue weighted by molar-refractivity contribution is -0.142. The Morgan fingerprint density at radius 1 is 1.27 bits per heavy atom. The van der Waals surface area contributed by atoms with Crippen molar-refractivity contribution in [2.45, 2.75) is 44.4 Å². The molecule has 2 unspecified atom stereocenters. The highest BCUT2D eigenvalue weighted by Crippen LogP contribution is 2.38. The number of methoxy groups -OCH3 is 1. The zero-order chi connectivity index (χ0) is 18.3. The summed E-state index contributed by atoms with van der Waals surface area (Å²) in [6.07, 6.45) is 6.84. The van der Waals surface area contributed by atoms with E-state index in [1.165, 1.54) is 7.11 Å². The van der Waals surface area contributed by atoms with E-state index in [4.69, 9.17) is 9.47 Å². The minimum absolute atomic E-state index is 0.179. The molecule has 5 heteroatoms. The maximum atomic E-state index is 11.9. The predicted molar refractivity (Wildman–Crippen MR) is 97.5 cm³/mol. The Hall–Kier alpha value is -2.40. The number of rotatable bonds is 2. The third-order valence-electron chi connectivity index (χ3n) is 5.68. The summed E-state index contributed by atoms with van der Waals surface area (Å²) in [6, 6.07) is 7.89. The summed E-state index contributed by atoms with van der Waals surface area (Å²) in [7, 11) is 1.39. The second-order valence-electron chi connectivity index (χ2n) is 7.15. The maximum absolute atomic E-state index is 11.9. The molecule has 1 fully saturated rings. The SMILES string of the molecule is COC(=O)c1cccc(C2=CC3=CC(=O)OC3C3CCCCN3[C@H]2C)c1. The standard InChI is InChI=1S/C21H23NO4/c1-13-17(14-6-5-7-15(10-14)21(24)25-2)11-16-12-19(23)26-20(16)18-8-3-4-9-22(13)18/h5-7,10-13,18,20H,3-4,8-9H2,1-2H3/t13-,18?,20?/m0/s1. The second-order valence-corrected chi connectivity index (χ2v) is 7.15. The number of nitrogens with zero attached hydrogens (tertiary/aromatic N) is 1. The molecule has 0 aromatic heterocycles. The van der Waals surface area contributed by atoms with Gasteiger partial charge in [-0.05, 0) is 55.7 Å². The normalized spacial score (nSPS) is 28.2. The molecule has 1 aromatic carbocycles. The van der Waals surface area contributed by atoms with Gasteiger partial charge in [0.1, 0.15) is 6.10 Å². The van der Waals surface area contributed by atoms with Crippen molar-refractivity contribution in [1.82, 2.24) is 4.90 Å². The summed E-state index contributed by atoms with van der Waals surface area (Å²) >= 11 is 0. The third kappa shape index (κ3) is 2.86. The van der Waals surface area contributed by atoms with E-state index in [1.54, 1.807) is 12.1 Å². The fourth-order valence-corrected chi connectivity index (χ4v) is 4.40. The smallest absolute Gasteiger partial charge is 0.337 e. The molecular formula is C21H23NO4. The molecular weight excluding hydrogens is 330 g/mol.